The lowest BCUT2D eigenvalue weighted by atomic mass is 9.97. The molecule has 2 rings (SSSR count). The van der Waals surface area contributed by atoms with E-state index in [0.29, 0.717) is 16.9 Å². The molecule has 2 N–H and O–H groups in total. The third kappa shape index (κ3) is 2.34. The van der Waals surface area contributed by atoms with E-state index in [0.717, 1.165) is 5.56 Å². The second kappa shape index (κ2) is 5.51. The van der Waals surface area contributed by atoms with Gasteiger partial charge in [-0.15, -0.1) is 0 Å². The second-order valence-electron chi connectivity index (χ2n) is 4.30. The Bertz CT molecular complexity index is 686. The van der Waals surface area contributed by atoms with Gasteiger partial charge in [-0.3, -0.25) is 4.79 Å². The number of primary amides is 1. The van der Waals surface area contributed by atoms with Gasteiger partial charge in [0.05, 0.1) is 17.7 Å². The molecule has 2 aromatic rings. The van der Waals surface area contributed by atoms with E-state index in [1.165, 1.54) is 19.2 Å². The minimum atomic E-state index is -0.901. The minimum Gasteiger partial charge on any atom is -0.496 e. The molecule has 0 spiro atoms. The first-order valence-electron chi connectivity index (χ1n) is 5.89. The zero-order chi connectivity index (χ0) is 14.9. The standard InChI is InChI=1S/C15H13ClFNO2/c1-8-4-3-5-11(20-2)12(8)9-6-7-10(17)13(14(9)16)15(18)19/h3-7H,1-2H3,(H2,18,19). The quantitative estimate of drug-likeness (QED) is 0.940. The number of hydrogen-bond acceptors (Lipinski definition) is 2. The van der Waals surface area contributed by atoms with Gasteiger partial charge in [0.1, 0.15) is 11.6 Å². The molecule has 0 saturated heterocycles. The Morgan fingerprint density at radius 2 is 2.00 bits per heavy atom. The monoisotopic (exact) mass is 293 g/mol. The van der Waals surface area contributed by atoms with Gasteiger partial charge >= 0.3 is 0 Å². The highest BCUT2D eigenvalue weighted by Crippen LogP contribution is 2.39. The molecule has 20 heavy (non-hydrogen) atoms. The topological polar surface area (TPSA) is 52.3 Å². The average Bonchev–Trinajstić information content (AvgIpc) is 2.39. The summed E-state index contributed by atoms with van der Waals surface area (Å²) in [6, 6.07) is 8.17. The molecule has 1 amide bonds. The predicted octanol–water partition coefficient (Wildman–Crippen LogP) is 3.56. The van der Waals surface area contributed by atoms with Crippen LogP contribution in [0.3, 0.4) is 0 Å². The number of ether oxygens (including phenoxy) is 1. The summed E-state index contributed by atoms with van der Waals surface area (Å²) in [5, 5.41) is -0.00917. The van der Waals surface area contributed by atoms with Crippen LogP contribution in [-0.2, 0) is 0 Å². The van der Waals surface area contributed by atoms with Crippen molar-refractivity contribution in [2.75, 3.05) is 7.11 Å². The maximum atomic E-state index is 13.7. The van der Waals surface area contributed by atoms with Crippen molar-refractivity contribution >= 4 is 17.5 Å². The largest absolute Gasteiger partial charge is 0.496 e. The molecule has 0 atom stereocenters. The molecule has 0 heterocycles. The van der Waals surface area contributed by atoms with Gasteiger partial charge in [0.15, 0.2) is 0 Å². The molecule has 2 aromatic carbocycles. The van der Waals surface area contributed by atoms with Crippen LogP contribution in [0.25, 0.3) is 11.1 Å². The fraction of sp³-hybridized carbons (Fsp3) is 0.133. The van der Waals surface area contributed by atoms with Gasteiger partial charge in [0.2, 0.25) is 0 Å². The molecule has 0 radical (unpaired) electrons. The number of amides is 1. The molecular formula is C15H13ClFNO2. The van der Waals surface area contributed by atoms with Gasteiger partial charge in [-0.1, -0.05) is 23.7 Å². The normalized spacial score (nSPS) is 10.4. The summed E-state index contributed by atoms with van der Waals surface area (Å²) in [5.41, 5.74) is 6.98. The third-order valence-corrected chi connectivity index (χ3v) is 3.45. The van der Waals surface area contributed by atoms with Gasteiger partial charge < -0.3 is 10.5 Å². The fourth-order valence-electron chi connectivity index (χ4n) is 2.13. The van der Waals surface area contributed by atoms with Crippen LogP contribution in [0, 0.1) is 12.7 Å². The molecular weight excluding hydrogens is 281 g/mol. The van der Waals surface area contributed by atoms with Crippen molar-refractivity contribution in [3.05, 3.63) is 52.3 Å². The van der Waals surface area contributed by atoms with Crippen molar-refractivity contribution in [2.45, 2.75) is 6.92 Å². The van der Waals surface area contributed by atoms with E-state index in [1.807, 2.05) is 19.1 Å². The summed E-state index contributed by atoms with van der Waals surface area (Å²) >= 11 is 6.15. The van der Waals surface area contributed by atoms with Crippen LogP contribution in [0.15, 0.2) is 30.3 Å². The lowest BCUT2D eigenvalue weighted by Gasteiger charge is -2.14. The summed E-state index contributed by atoms with van der Waals surface area (Å²) < 4.78 is 19.0. The summed E-state index contributed by atoms with van der Waals surface area (Å²) in [6.07, 6.45) is 0. The number of nitrogens with two attached hydrogens (primary N) is 1. The van der Waals surface area contributed by atoms with Crippen LogP contribution in [0.1, 0.15) is 15.9 Å². The van der Waals surface area contributed by atoms with Crippen molar-refractivity contribution in [1.82, 2.24) is 0 Å². The van der Waals surface area contributed by atoms with E-state index in [-0.39, 0.29) is 10.6 Å². The molecule has 0 aliphatic rings. The summed E-state index contributed by atoms with van der Waals surface area (Å²) in [7, 11) is 1.53. The Balaban J connectivity index is 2.78. The second-order valence-corrected chi connectivity index (χ2v) is 4.68. The van der Waals surface area contributed by atoms with Crippen molar-refractivity contribution in [1.29, 1.82) is 0 Å². The van der Waals surface area contributed by atoms with Crippen LogP contribution in [0.5, 0.6) is 5.75 Å². The van der Waals surface area contributed by atoms with Crippen molar-refractivity contribution in [3.63, 3.8) is 0 Å². The van der Waals surface area contributed by atoms with Crippen LogP contribution in [0.4, 0.5) is 4.39 Å². The molecule has 104 valence electrons. The number of halogens is 2. The lowest BCUT2D eigenvalue weighted by Crippen LogP contribution is -2.14. The van der Waals surface area contributed by atoms with Crippen LogP contribution in [0.2, 0.25) is 5.02 Å². The highest BCUT2D eigenvalue weighted by atomic mass is 35.5. The van der Waals surface area contributed by atoms with Gasteiger partial charge in [0, 0.05) is 11.1 Å². The van der Waals surface area contributed by atoms with Crippen LogP contribution < -0.4 is 10.5 Å². The molecule has 5 heteroatoms. The number of hydrogen-bond donors (Lipinski definition) is 1. The van der Waals surface area contributed by atoms with Gasteiger partial charge in [-0.2, -0.15) is 0 Å². The van der Waals surface area contributed by atoms with E-state index in [9.17, 15) is 9.18 Å². The SMILES string of the molecule is COc1cccc(C)c1-c1ccc(F)c(C(N)=O)c1Cl. The first-order valence-corrected chi connectivity index (χ1v) is 6.27. The number of carbonyl (C=O) groups is 1. The summed E-state index contributed by atoms with van der Waals surface area (Å²) in [5.74, 6) is -1.05. The van der Waals surface area contributed by atoms with E-state index < -0.39 is 11.7 Å². The van der Waals surface area contributed by atoms with E-state index >= 15 is 0 Å². The maximum Gasteiger partial charge on any atom is 0.253 e. The molecule has 0 aromatic heterocycles. The van der Waals surface area contributed by atoms with E-state index in [1.54, 1.807) is 6.07 Å². The van der Waals surface area contributed by atoms with Gasteiger partial charge in [-0.25, -0.2) is 4.39 Å². The van der Waals surface area contributed by atoms with Gasteiger partial charge in [-0.05, 0) is 30.7 Å². The molecule has 0 fully saturated rings. The minimum absolute atomic E-state index is 0.00917. The molecule has 0 aliphatic heterocycles. The third-order valence-electron chi connectivity index (χ3n) is 3.06. The first kappa shape index (κ1) is 14.3. The van der Waals surface area contributed by atoms with E-state index in [2.05, 4.69) is 0 Å². The first-order chi connectivity index (χ1) is 9.47. The van der Waals surface area contributed by atoms with Crippen molar-refractivity contribution in [2.24, 2.45) is 5.73 Å². The van der Waals surface area contributed by atoms with Crippen molar-refractivity contribution < 1.29 is 13.9 Å². The van der Waals surface area contributed by atoms with Crippen LogP contribution in [-0.4, -0.2) is 13.0 Å². The Morgan fingerprint density at radius 1 is 1.30 bits per heavy atom. The highest BCUT2D eigenvalue weighted by Gasteiger charge is 2.20. The van der Waals surface area contributed by atoms with Crippen LogP contribution >= 0.6 is 11.6 Å². The Hall–Kier alpha value is -2.07. The molecule has 3 nitrogen and oxygen atoms in total. The smallest absolute Gasteiger partial charge is 0.253 e. The Kier molecular flexibility index (Phi) is 3.95. The zero-order valence-corrected chi connectivity index (χ0v) is 11.8. The number of carbonyl (C=O) groups excluding carboxylic acids is 1. The fourth-order valence-corrected chi connectivity index (χ4v) is 2.47. The maximum absolute atomic E-state index is 13.7. The highest BCUT2D eigenvalue weighted by molar-refractivity contribution is 6.36. The van der Waals surface area contributed by atoms with Gasteiger partial charge in [0.25, 0.3) is 5.91 Å². The van der Waals surface area contributed by atoms with Crippen molar-refractivity contribution in [3.8, 4) is 16.9 Å². The number of benzene rings is 2. The number of methoxy groups -OCH3 is 1. The number of rotatable bonds is 3. The molecule has 0 bridgehead atoms. The molecule has 0 aliphatic carbocycles. The lowest BCUT2D eigenvalue weighted by molar-refractivity contribution is 0.0996. The predicted molar refractivity (Wildman–Crippen MR) is 76.7 cm³/mol. The average molecular weight is 294 g/mol. The summed E-state index contributed by atoms with van der Waals surface area (Å²) in [6.45, 7) is 1.88. The summed E-state index contributed by atoms with van der Waals surface area (Å²) in [4.78, 5) is 11.3. The molecule has 0 saturated carbocycles. The Labute approximate surface area is 121 Å². The zero-order valence-electron chi connectivity index (χ0n) is 11.0. The Morgan fingerprint density at radius 3 is 2.60 bits per heavy atom. The number of aryl methyl sites for hydroxylation is 1. The van der Waals surface area contributed by atoms with E-state index in [4.69, 9.17) is 22.1 Å². The molecule has 0 unspecified atom stereocenters.